The average molecular weight is 336 g/mol. The van der Waals surface area contributed by atoms with E-state index in [0.717, 1.165) is 40.9 Å². The molecule has 25 heavy (non-hydrogen) atoms. The number of aryl methyl sites for hydroxylation is 1. The van der Waals surface area contributed by atoms with Gasteiger partial charge in [0, 0.05) is 18.9 Å². The summed E-state index contributed by atoms with van der Waals surface area (Å²) in [6, 6.07) is 3.82. The maximum atomic E-state index is 12.4. The SMILES string of the molecule is CC(C)CCn1c(Cn2c(=O)[nH]c3cnccc32)nc2cnccc21. The molecule has 0 aliphatic rings. The van der Waals surface area contributed by atoms with Crippen molar-refractivity contribution in [1.29, 1.82) is 0 Å². The first-order chi connectivity index (χ1) is 12.1. The minimum absolute atomic E-state index is 0.149. The van der Waals surface area contributed by atoms with E-state index in [-0.39, 0.29) is 5.69 Å². The number of rotatable bonds is 5. The Bertz CT molecular complexity index is 1090. The Labute approximate surface area is 144 Å². The van der Waals surface area contributed by atoms with Crippen molar-refractivity contribution in [3.63, 3.8) is 0 Å². The molecule has 0 radical (unpaired) electrons. The molecule has 1 N–H and O–H groups in total. The summed E-state index contributed by atoms with van der Waals surface area (Å²) in [6.07, 6.45) is 7.96. The second-order valence-electron chi connectivity index (χ2n) is 6.64. The molecule has 0 aliphatic carbocycles. The quantitative estimate of drug-likeness (QED) is 0.607. The maximum Gasteiger partial charge on any atom is 0.326 e. The van der Waals surface area contributed by atoms with E-state index in [0.29, 0.717) is 12.5 Å². The normalized spacial score (nSPS) is 11.8. The summed E-state index contributed by atoms with van der Waals surface area (Å²) in [5, 5.41) is 0. The molecule has 0 aliphatic heterocycles. The molecule has 0 aromatic carbocycles. The first-order valence-electron chi connectivity index (χ1n) is 8.45. The van der Waals surface area contributed by atoms with Crippen molar-refractivity contribution in [2.24, 2.45) is 5.92 Å². The molecule has 0 saturated heterocycles. The number of hydrogen-bond donors (Lipinski definition) is 1. The van der Waals surface area contributed by atoms with Crippen LogP contribution in [0.15, 0.2) is 41.7 Å². The summed E-state index contributed by atoms with van der Waals surface area (Å²) in [5.74, 6) is 1.46. The van der Waals surface area contributed by atoms with Crippen LogP contribution in [0.25, 0.3) is 22.1 Å². The lowest BCUT2D eigenvalue weighted by molar-refractivity contribution is 0.507. The van der Waals surface area contributed by atoms with Crippen LogP contribution in [-0.2, 0) is 13.1 Å². The van der Waals surface area contributed by atoms with E-state index in [1.807, 2.05) is 12.1 Å². The summed E-state index contributed by atoms with van der Waals surface area (Å²) in [5.41, 5.74) is 3.33. The van der Waals surface area contributed by atoms with Gasteiger partial charge in [-0.3, -0.25) is 14.5 Å². The van der Waals surface area contributed by atoms with Gasteiger partial charge in [-0.15, -0.1) is 0 Å². The number of pyridine rings is 2. The van der Waals surface area contributed by atoms with Crippen LogP contribution >= 0.6 is 0 Å². The van der Waals surface area contributed by atoms with Crippen LogP contribution < -0.4 is 5.69 Å². The monoisotopic (exact) mass is 336 g/mol. The van der Waals surface area contributed by atoms with E-state index in [2.05, 4.69) is 33.4 Å². The first-order valence-corrected chi connectivity index (χ1v) is 8.45. The Morgan fingerprint density at radius 1 is 1.08 bits per heavy atom. The smallest absolute Gasteiger partial charge is 0.326 e. The Morgan fingerprint density at radius 3 is 2.64 bits per heavy atom. The van der Waals surface area contributed by atoms with E-state index in [9.17, 15) is 4.79 Å². The highest BCUT2D eigenvalue weighted by molar-refractivity contribution is 5.75. The third kappa shape index (κ3) is 2.82. The molecule has 7 nitrogen and oxygen atoms in total. The maximum absolute atomic E-state index is 12.4. The second-order valence-corrected chi connectivity index (χ2v) is 6.64. The van der Waals surface area contributed by atoms with Crippen LogP contribution in [-0.4, -0.2) is 29.1 Å². The molecule has 128 valence electrons. The van der Waals surface area contributed by atoms with Crippen LogP contribution in [0.1, 0.15) is 26.1 Å². The van der Waals surface area contributed by atoms with Gasteiger partial charge >= 0.3 is 5.69 Å². The molecule has 0 unspecified atom stereocenters. The Morgan fingerprint density at radius 2 is 1.84 bits per heavy atom. The van der Waals surface area contributed by atoms with Crippen molar-refractivity contribution >= 4 is 22.1 Å². The van der Waals surface area contributed by atoms with Gasteiger partial charge in [-0.2, -0.15) is 0 Å². The fraction of sp³-hybridized carbons (Fsp3) is 0.333. The van der Waals surface area contributed by atoms with Crippen molar-refractivity contribution in [3.05, 3.63) is 53.2 Å². The van der Waals surface area contributed by atoms with Gasteiger partial charge in [-0.1, -0.05) is 13.8 Å². The molecule has 0 atom stereocenters. The minimum Gasteiger partial charge on any atom is -0.326 e. The molecule has 0 spiro atoms. The van der Waals surface area contributed by atoms with Gasteiger partial charge in [-0.25, -0.2) is 9.78 Å². The largest absolute Gasteiger partial charge is 0.326 e. The van der Waals surface area contributed by atoms with E-state index < -0.39 is 0 Å². The van der Waals surface area contributed by atoms with Crippen molar-refractivity contribution in [1.82, 2.24) is 29.1 Å². The molecule has 0 bridgehead atoms. The van der Waals surface area contributed by atoms with Gasteiger partial charge in [-0.05, 0) is 24.5 Å². The van der Waals surface area contributed by atoms with Gasteiger partial charge < -0.3 is 9.55 Å². The van der Waals surface area contributed by atoms with E-state index in [1.165, 1.54) is 0 Å². The van der Waals surface area contributed by atoms with Crippen molar-refractivity contribution in [2.45, 2.75) is 33.4 Å². The number of nitrogens with one attached hydrogen (secondary N) is 1. The van der Waals surface area contributed by atoms with Gasteiger partial charge in [0.1, 0.15) is 11.3 Å². The molecule has 0 fully saturated rings. The van der Waals surface area contributed by atoms with E-state index in [4.69, 9.17) is 4.98 Å². The standard InChI is InChI=1S/C18H20N6O/c1-12(2)5-8-23-15-3-6-19-9-13(15)21-17(23)11-24-16-4-7-20-10-14(16)22-18(24)25/h3-4,6-7,9-10,12H,5,8,11H2,1-2H3,(H,22,25). The topological polar surface area (TPSA) is 81.4 Å². The Hall–Kier alpha value is -2.96. The summed E-state index contributed by atoms with van der Waals surface area (Å²) in [7, 11) is 0. The zero-order valence-electron chi connectivity index (χ0n) is 14.3. The van der Waals surface area contributed by atoms with Crippen molar-refractivity contribution < 1.29 is 0 Å². The van der Waals surface area contributed by atoms with Crippen LogP contribution in [0, 0.1) is 5.92 Å². The molecule has 7 heteroatoms. The summed E-state index contributed by atoms with van der Waals surface area (Å²) in [4.78, 5) is 28.2. The van der Waals surface area contributed by atoms with Crippen molar-refractivity contribution in [3.8, 4) is 0 Å². The number of hydrogen-bond acceptors (Lipinski definition) is 4. The molecule has 0 amide bonds. The van der Waals surface area contributed by atoms with E-state index in [1.54, 1.807) is 29.4 Å². The van der Waals surface area contributed by atoms with Gasteiger partial charge in [0.05, 0.1) is 35.5 Å². The van der Waals surface area contributed by atoms with Crippen molar-refractivity contribution in [2.75, 3.05) is 0 Å². The molecule has 4 aromatic heterocycles. The Kier molecular flexibility index (Phi) is 3.83. The zero-order valence-corrected chi connectivity index (χ0v) is 14.3. The molecule has 0 saturated carbocycles. The predicted molar refractivity (Wildman–Crippen MR) is 96.4 cm³/mol. The van der Waals surface area contributed by atoms with Crippen LogP contribution in [0.3, 0.4) is 0 Å². The zero-order chi connectivity index (χ0) is 17.4. The first kappa shape index (κ1) is 15.6. The lowest BCUT2D eigenvalue weighted by atomic mass is 10.1. The lowest BCUT2D eigenvalue weighted by Gasteiger charge is -2.11. The van der Waals surface area contributed by atoms with Crippen LogP contribution in [0.2, 0.25) is 0 Å². The summed E-state index contributed by atoms with van der Waals surface area (Å²) >= 11 is 0. The minimum atomic E-state index is -0.149. The molecule has 4 heterocycles. The highest BCUT2D eigenvalue weighted by Crippen LogP contribution is 2.18. The molecule has 4 rings (SSSR count). The average Bonchev–Trinajstić information content (AvgIpc) is 3.11. The fourth-order valence-corrected chi connectivity index (χ4v) is 3.10. The highest BCUT2D eigenvalue weighted by Gasteiger charge is 2.14. The number of imidazole rings is 2. The summed E-state index contributed by atoms with van der Waals surface area (Å²) < 4.78 is 3.90. The second kappa shape index (κ2) is 6.16. The number of aromatic amines is 1. The molecular formula is C18H20N6O. The van der Waals surface area contributed by atoms with Gasteiger partial charge in [0.15, 0.2) is 0 Å². The van der Waals surface area contributed by atoms with Gasteiger partial charge in [0.2, 0.25) is 0 Å². The lowest BCUT2D eigenvalue weighted by Crippen LogP contribution is -2.20. The molecule has 4 aromatic rings. The fourth-order valence-electron chi connectivity index (χ4n) is 3.10. The Balaban J connectivity index is 1.81. The number of fused-ring (bicyclic) bond motifs is 2. The predicted octanol–water partition coefficient (Wildman–Crippen LogP) is 2.56. The number of aromatic nitrogens is 6. The third-order valence-corrected chi connectivity index (χ3v) is 4.43. The summed E-state index contributed by atoms with van der Waals surface area (Å²) in [6.45, 7) is 5.69. The molecular weight excluding hydrogens is 316 g/mol. The van der Waals surface area contributed by atoms with Gasteiger partial charge in [0.25, 0.3) is 0 Å². The number of nitrogens with zero attached hydrogens (tertiary/aromatic N) is 5. The third-order valence-electron chi connectivity index (χ3n) is 4.43. The van der Waals surface area contributed by atoms with Crippen LogP contribution in [0.4, 0.5) is 0 Å². The number of H-pyrrole nitrogens is 1. The highest BCUT2D eigenvalue weighted by atomic mass is 16.1. The van der Waals surface area contributed by atoms with Crippen LogP contribution in [0.5, 0.6) is 0 Å². The van der Waals surface area contributed by atoms with E-state index >= 15 is 0 Å².